The molecule has 39 heavy (non-hydrogen) atoms. The fourth-order valence-corrected chi connectivity index (χ4v) is 4.26. The quantitative estimate of drug-likeness (QED) is 0.266. The van der Waals surface area contributed by atoms with Gasteiger partial charge in [0.2, 0.25) is 5.91 Å². The van der Waals surface area contributed by atoms with Crippen molar-refractivity contribution in [2.45, 2.75) is 13.8 Å². The van der Waals surface area contributed by atoms with Gasteiger partial charge in [0, 0.05) is 47.0 Å². The minimum absolute atomic E-state index is 0.0200. The first kappa shape index (κ1) is 27.1. The summed E-state index contributed by atoms with van der Waals surface area (Å²) in [5.74, 6) is -0.461. The van der Waals surface area contributed by atoms with E-state index in [1.165, 1.54) is 0 Å². The first-order chi connectivity index (χ1) is 19.0. The van der Waals surface area contributed by atoms with E-state index in [0.717, 1.165) is 11.4 Å². The van der Waals surface area contributed by atoms with E-state index in [1.807, 2.05) is 80.6 Å². The van der Waals surface area contributed by atoms with Crippen LogP contribution in [0, 0.1) is 0 Å². The average molecular weight is 521 g/mol. The molecule has 4 aromatic rings. The number of nitrogens with zero attached hydrogens (tertiary/aromatic N) is 2. The third kappa shape index (κ3) is 6.90. The van der Waals surface area contributed by atoms with Crippen LogP contribution in [0.15, 0.2) is 109 Å². The summed E-state index contributed by atoms with van der Waals surface area (Å²) in [4.78, 5) is 42.1. The summed E-state index contributed by atoms with van der Waals surface area (Å²) in [7, 11) is 0. The Morgan fingerprint density at radius 1 is 0.590 bits per heavy atom. The number of nitrogens with one attached hydrogen (secondary N) is 2. The standard InChI is InChI=1S/C32H32N4O3/c1-3-35(28-14-7-5-8-15-28)31(38)24-18-20-26(21-19-24)34-30(37)23-33-27-13-11-12-25(22-27)32(39)36(4-2)29-16-9-6-10-17-29/h5-22,33H,3-4,23H2,1-2H3,(H,34,37). The van der Waals surface area contributed by atoms with E-state index in [0.29, 0.717) is 35.6 Å². The van der Waals surface area contributed by atoms with Crippen molar-refractivity contribution in [1.82, 2.24) is 0 Å². The van der Waals surface area contributed by atoms with Crippen molar-refractivity contribution < 1.29 is 14.4 Å². The van der Waals surface area contributed by atoms with Gasteiger partial charge >= 0.3 is 0 Å². The van der Waals surface area contributed by atoms with Crippen LogP contribution in [0.2, 0.25) is 0 Å². The van der Waals surface area contributed by atoms with Crippen molar-refractivity contribution in [3.63, 3.8) is 0 Å². The lowest BCUT2D eigenvalue weighted by Gasteiger charge is -2.21. The second kappa shape index (κ2) is 13.1. The largest absolute Gasteiger partial charge is 0.376 e. The van der Waals surface area contributed by atoms with Gasteiger partial charge in [0.25, 0.3) is 11.8 Å². The fourth-order valence-electron chi connectivity index (χ4n) is 4.26. The molecule has 7 nitrogen and oxygen atoms in total. The molecular weight excluding hydrogens is 488 g/mol. The number of rotatable bonds is 10. The minimum Gasteiger partial charge on any atom is -0.376 e. The molecule has 0 aliphatic carbocycles. The molecule has 0 spiro atoms. The zero-order valence-electron chi connectivity index (χ0n) is 22.1. The maximum absolute atomic E-state index is 13.1. The van der Waals surface area contributed by atoms with Gasteiger partial charge in [-0.1, -0.05) is 42.5 Å². The van der Waals surface area contributed by atoms with Crippen LogP contribution in [0.25, 0.3) is 0 Å². The first-order valence-corrected chi connectivity index (χ1v) is 13.0. The second-order valence-electron chi connectivity index (χ2n) is 8.83. The van der Waals surface area contributed by atoms with Gasteiger partial charge in [-0.2, -0.15) is 0 Å². The van der Waals surface area contributed by atoms with Crippen LogP contribution in [0.5, 0.6) is 0 Å². The first-order valence-electron chi connectivity index (χ1n) is 13.0. The average Bonchev–Trinajstić information content (AvgIpc) is 2.98. The van der Waals surface area contributed by atoms with Gasteiger partial charge < -0.3 is 20.4 Å². The van der Waals surface area contributed by atoms with Gasteiger partial charge in [-0.3, -0.25) is 14.4 Å². The van der Waals surface area contributed by atoms with Gasteiger partial charge in [-0.15, -0.1) is 0 Å². The summed E-state index contributed by atoms with van der Waals surface area (Å²) in [6.07, 6.45) is 0. The summed E-state index contributed by atoms with van der Waals surface area (Å²) in [5.41, 5.74) is 3.99. The lowest BCUT2D eigenvalue weighted by atomic mass is 10.1. The molecule has 0 atom stereocenters. The van der Waals surface area contributed by atoms with Gasteiger partial charge in [-0.25, -0.2) is 0 Å². The van der Waals surface area contributed by atoms with Gasteiger partial charge in [-0.05, 0) is 80.6 Å². The molecule has 4 aromatic carbocycles. The molecule has 4 rings (SSSR count). The molecule has 0 aromatic heterocycles. The molecule has 0 unspecified atom stereocenters. The van der Waals surface area contributed by atoms with E-state index >= 15 is 0 Å². The SMILES string of the molecule is CCN(C(=O)c1ccc(NC(=O)CNc2cccc(C(=O)N(CC)c3ccccc3)c2)cc1)c1ccccc1. The minimum atomic E-state index is -0.246. The van der Waals surface area contributed by atoms with Crippen LogP contribution >= 0.6 is 0 Å². The van der Waals surface area contributed by atoms with Crippen molar-refractivity contribution in [2.75, 3.05) is 40.1 Å². The Kier molecular flexibility index (Phi) is 9.08. The van der Waals surface area contributed by atoms with Crippen LogP contribution in [0.1, 0.15) is 34.6 Å². The fraction of sp³-hybridized carbons (Fsp3) is 0.156. The summed E-state index contributed by atoms with van der Waals surface area (Å²) < 4.78 is 0. The molecule has 2 N–H and O–H groups in total. The van der Waals surface area contributed by atoms with Crippen molar-refractivity contribution in [1.29, 1.82) is 0 Å². The molecule has 0 fully saturated rings. The Labute approximate surface area is 229 Å². The van der Waals surface area contributed by atoms with Crippen molar-refractivity contribution >= 4 is 40.5 Å². The number of anilines is 4. The van der Waals surface area contributed by atoms with Crippen molar-refractivity contribution in [2.24, 2.45) is 0 Å². The third-order valence-electron chi connectivity index (χ3n) is 6.24. The molecule has 0 radical (unpaired) electrons. The number of para-hydroxylation sites is 2. The molecule has 0 heterocycles. The molecular formula is C32H32N4O3. The Hall–Kier alpha value is -4.91. The van der Waals surface area contributed by atoms with E-state index in [-0.39, 0.29) is 24.3 Å². The van der Waals surface area contributed by atoms with Crippen LogP contribution < -0.4 is 20.4 Å². The molecule has 0 aliphatic heterocycles. The van der Waals surface area contributed by atoms with E-state index in [2.05, 4.69) is 10.6 Å². The number of benzene rings is 4. The molecule has 198 valence electrons. The summed E-state index contributed by atoms with van der Waals surface area (Å²) >= 11 is 0. The Bertz CT molecular complexity index is 1410. The number of hydrogen-bond acceptors (Lipinski definition) is 4. The smallest absolute Gasteiger partial charge is 0.258 e. The molecule has 0 saturated carbocycles. The van der Waals surface area contributed by atoms with Gasteiger partial charge in [0.1, 0.15) is 0 Å². The van der Waals surface area contributed by atoms with Crippen molar-refractivity contribution in [3.05, 3.63) is 120 Å². The lowest BCUT2D eigenvalue weighted by molar-refractivity contribution is -0.114. The number of amides is 3. The molecule has 0 saturated heterocycles. The van der Waals surface area contributed by atoms with E-state index in [9.17, 15) is 14.4 Å². The van der Waals surface area contributed by atoms with Crippen LogP contribution in [-0.4, -0.2) is 37.4 Å². The van der Waals surface area contributed by atoms with Gasteiger partial charge in [0.15, 0.2) is 0 Å². The Balaban J connectivity index is 1.34. The topological polar surface area (TPSA) is 81.8 Å². The Morgan fingerprint density at radius 2 is 1.13 bits per heavy atom. The highest BCUT2D eigenvalue weighted by Crippen LogP contribution is 2.20. The highest BCUT2D eigenvalue weighted by molar-refractivity contribution is 6.07. The third-order valence-corrected chi connectivity index (χ3v) is 6.24. The van der Waals surface area contributed by atoms with Crippen molar-refractivity contribution in [3.8, 4) is 0 Å². The normalized spacial score (nSPS) is 10.4. The number of carbonyl (C=O) groups is 3. The van der Waals surface area contributed by atoms with E-state index in [4.69, 9.17) is 0 Å². The Morgan fingerprint density at radius 3 is 1.67 bits per heavy atom. The molecule has 7 heteroatoms. The van der Waals surface area contributed by atoms with E-state index < -0.39 is 0 Å². The summed E-state index contributed by atoms with van der Waals surface area (Å²) in [6.45, 7) is 4.97. The maximum Gasteiger partial charge on any atom is 0.258 e. The predicted octanol–water partition coefficient (Wildman–Crippen LogP) is 6.07. The van der Waals surface area contributed by atoms with Crippen LogP contribution in [-0.2, 0) is 4.79 Å². The number of hydrogen-bond donors (Lipinski definition) is 2. The monoisotopic (exact) mass is 520 g/mol. The second-order valence-corrected chi connectivity index (χ2v) is 8.83. The summed E-state index contributed by atoms with van der Waals surface area (Å²) in [5, 5.41) is 5.92. The van der Waals surface area contributed by atoms with Crippen LogP contribution in [0.3, 0.4) is 0 Å². The summed E-state index contributed by atoms with van der Waals surface area (Å²) in [6, 6.07) is 33.0. The lowest BCUT2D eigenvalue weighted by Crippen LogP contribution is -2.30. The highest BCUT2D eigenvalue weighted by Gasteiger charge is 2.17. The number of carbonyl (C=O) groups excluding carboxylic acids is 3. The van der Waals surface area contributed by atoms with E-state index in [1.54, 1.807) is 52.3 Å². The van der Waals surface area contributed by atoms with Gasteiger partial charge in [0.05, 0.1) is 6.54 Å². The van der Waals surface area contributed by atoms with Crippen LogP contribution in [0.4, 0.5) is 22.7 Å². The molecule has 0 bridgehead atoms. The predicted molar refractivity (Wildman–Crippen MR) is 158 cm³/mol. The molecule has 0 aliphatic rings. The highest BCUT2D eigenvalue weighted by atomic mass is 16.2. The maximum atomic E-state index is 13.1. The molecule has 3 amide bonds. The zero-order chi connectivity index (χ0) is 27.6. The zero-order valence-corrected chi connectivity index (χ0v) is 22.1.